The molecule has 0 aliphatic carbocycles. The van der Waals surface area contributed by atoms with Crippen LogP contribution >= 0.6 is 17.0 Å². The van der Waals surface area contributed by atoms with Crippen LogP contribution in [0.4, 0.5) is 8.78 Å². The first-order valence-corrected chi connectivity index (χ1v) is 6.21. The van der Waals surface area contributed by atoms with Crippen LogP contribution in [-0.2, 0) is 6.42 Å². The van der Waals surface area contributed by atoms with Crippen molar-refractivity contribution in [2.24, 2.45) is 4.99 Å². The monoisotopic (exact) mass is 333 g/mol. The zero-order valence-electron chi connectivity index (χ0n) is 10.6. The Bertz CT molecular complexity index is 418. The number of halogens is 3. The number of nitrogens with zero attached hydrogens (tertiary/aromatic N) is 1. The van der Waals surface area contributed by atoms with Gasteiger partial charge in [-0.2, -0.15) is 0 Å². The highest BCUT2D eigenvalue weighted by molar-refractivity contribution is 8.93. The fourth-order valence-corrected chi connectivity index (χ4v) is 1.89. The van der Waals surface area contributed by atoms with Gasteiger partial charge in [-0.25, -0.2) is 8.78 Å². The van der Waals surface area contributed by atoms with E-state index in [0.29, 0.717) is 18.5 Å². The van der Waals surface area contributed by atoms with Crippen LogP contribution in [0.25, 0.3) is 0 Å². The predicted molar refractivity (Wildman–Crippen MR) is 77.9 cm³/mol. The van der Waals surface area contributed by atoms with Crippen LogP contribution < -0.4 is 10.6 Å². The third-order valence-corrected chi connectivity index (χ3v) is 2.78. The van der Waals surface area contributed by atoms with Gasteiger partial charge in [-0.05, 0) is 37.0 Å². The molecule has 0 amide bonds. The van der Waals surface area contributed by atoms with E-state index in [2.05, 4.69) is 15.6 Å². The van der Waals surface area contributed by atoms with Crippen LogP contribution in [0, 0.1) is 11.6 Å². The zero-order valence-corrected chi connectivity index (χ0v) is 12.3. The Kier molecular flexibility index (Phi) is 6.77. The number of guanidine groups is 1. The van der Waals surface area contributed by atoms with Gasteiger partial charge < -0.3 is 10.6 Å². The summed E-state index contributed by atoms with van der Waals surface area (Å²) in [6.45, 7) is 2.35. The Morgan fingerprint density at radius 2 is 1.89 bits per heavy atom. The van der Waals surface area contributed by atoms with Crippen LogP contribution in [0.3, 0.4) is 0 Å². The number of hydrogen-bond donors (Lipinski definition) is 2. The van der Waals surface area contributed by atoms with Gasteiger partial charge in [0.1, 0.15) is 11.6 Å². The molecule has 106 valence electrons. The van der Waals surface area contributed by atoms with E-state index in [4.69, 9.17) is 0 Å². The summed E-state index contributed by atoms with van der Waals surface area (Å²) < 4.78 is 25.9. The Morgan fingerprint density at radius 1 is 1.16 bits per heavy atom. The first-order valence-electron chi connectivity index (χ1n) is 6.21. The molecule has 1 heterocycles. The summed E-state index contributed by atoms with van der Waals surface area (Å²) >= 11 is 0. The van der Waals surface area contributed by atoms with Gasteiger partial charge in [-0.3, -0.25) is 4.99 Å². The van der Waals surface area contributed by atoms with E-state index in [1.54, 1.807) is 0 Å². The summed E-state index contributed by atoms with van der Waals surface area (Å²) in [5, 5.41) is 6.32. The van der Waals surface area contributed by atoms with Crippen LogP contribution in [0.2, 0.25) is 0 Å². The van der Waals surface area contributed by atoms with Gasteiger partial charge in [0.15, 0.2) is 5.96 Å². The molecule has 2 N–H and O–H groups in total. The molecule has 2 rings (SSSR count). The number of hydrogen-bond acceptors (Lipinski definition) is 3. The van der Waals surface area contributed by atoms with Gasteiger partial charge in [-0.1, -0.05) is 0 Å². The van der Waals surface area contributed by atoms with Crippen LogP contribution in [-0.4, -0.2) is 25.6 Å². The molecule has 0 fully saturated rings. The number of rotatable bonds is 3. The van der Waals surface area contributed by atoms with Crippen molar-refractivity contribution in [1.29, 1.82) is 0 Å². The maximum absolute atomic E-state index is 13.0. The second-order valence-electron chi connectivity index (χ2n) is 4.32. The molecular formula is C13H18BrF2N3. The smallest absolute Gasteiger partial charge is 0.191 e. The Labute approximate surface area is 122 Å². The average Bonchev–Trinajstić information content (AvgIpc) is 2.56. The topological polar surface area (TPSA) is 36.4 Å². The summed E-state index contributed by atoms with van der Waals surface area (Å²) in [5.74, 6) is -0.283. The minimum absolute atomic E-state index is 0. The lowest BCUT2D eigenvalue weighted by Crippen LogP contribution is -2.38. The van der Waals surface area contributed by atoms with Gasteiger partial charge in [0.25, 0.3) is 0 Å². The highest BCUT2D eigenvalue weighted by atomic mass is 79.9. The van der Waals surface area contributed by atoms with Crippen molar-refractivity contribution in [3.05, 3.63) is 35.4 Å². The lowest BCUT2D eigenvalue weighted by molar-refractivity contribution is 0.579. The molecule has 1 aromatic carbocycles. The molecule has 0 aromatic heterocycles. The molecule has 1 aliphatic heterocycles. The van der Waals surface area contributed by atoms with Gasteiger partial charge in [0, 0.05) is 25.7 Å². The molecule has 0 bridgehead atoms. The second kappa shape index (κ2) is 8.09. The average molecular weight is 334 g/mol. The summed E-state index contributed by atoms with van der Waals surface area (Å²) in [6, 6.07) is 3.59. The molecule has 19 heavy (non-hydrogen) atoms. The Balaban J connectivity index is 0.00000180. The predicted octanol–water partition coefficient (Wildman–Crippen LogP) is 2.41. The molecule has 1 aromatic rings. The SMILES string of the molecule is Br.Fc1cc(F)cc(CCNC2=NCCCCN2)c1. The molecule has 0 radical (unpaired) electrons. The summed E-state index contributed by atoms with van der Waals surface area (Å²) in [4.78, 5) is 4.34. The van der Waals surface area contributed by atoms with Crippen LogP contribution in [0.5, 0.6) is 0 Å². The van der Waals surface area contributed by atoms with Crippen molar-refractivity contribution in [3.63, 3.8) is 0 Å². The third kappa shape index (κ3) is 5.55. The van der Waals surface area contributed by atoms with Crippen LogP contribution in [0.15, 0.2) is 23.2 Å². The Morgan fingerprint density at radius 3 is 2.63 bits per heavy atom. The van der Waals surface area contributed by atoms with Crippen molar-refractivity contribution in [3.8, 4) is 0 Å². The number of aliphatic imine (C=N–C) groups is 1. The fourth-order valence-electron chi connectivity index (χ4n) is 1.89. The standard InChI is InChI=1S/C13H17F2N3.BrH/c14-11-7-10(8-12(15)9-11)3-6-18-13-16-4-1-2-5-17-13;/h7-9H,1-6H2,(H2,16,17,18);1H. The maximum atomic E-state index is 13.0. The molecular weight excluding hydrogens is 316 g/mol. The van der Waals surface area contributed by atoms with Crippen molar-refractivity contribution in [2.45, 2.75) is 19.3 Å². The first kappa shape index (κ1) is 15.9. The molecule has 0 atom stereocenters. The largest absolute Gasteiger partial charge is 0.356 e. The third-order valence-electron chi connectivity index (χ3n) is 2.78. The van der Waals surface area contributed by atoms with Crippen molar-refractivity contribution in [2.75, 3.05) is 19.6 Å². The number of benzene rings is 1. The lowest BCUT2D eigenvalue weighted by atomic mass is 10.1. The van der Waals surface area contributed by atoms with E-state index in [1.165, 1.54) is 12.1 Å². The highest BCUT2D eigenvalue weighted by Crippen LogP contribution is 2.08. The van der Waals surface area contributed by atoms with Gasteiger partial charge >= 0.3 is 0 Å². The highest BCUT2D eigenvalue weighted by Gasteiger charge is 2.03. The van der Waals surface area contributed by atoms with E-state index < -0.39 is 11.6 Å². The first-order chi connectivity index (χ1) is 8.74. The molecule has 0 saturated heterocycles. The van der Waals surface area contributed by atoms with E-state index in [1.807, 2.05) is 0 Å². The molecule has 3 nitrogen and oxygen atoms in total. The fraction of sp³-hybridized carbons (Fsp3) is 0.462. The summed E-state index contributed by atoms with van der Waals surface area (Å²) in [7, 11) is 0. The second-order valence-corrected chi connectivity index (χ2v) is 4.32. The number of nitrogens with one attached hydrogen (secondary N) is 2. The van der Waals surface area contributed by atoms with E-state index in [0.717, 1.165) is 38.0 Å². The minimum atomic E-state index is -0.532. The van der Waals surface area contributed by atoms with Gasteiger partial charge in [0.2, 0.25) is 0 Å². The molecule has 0 unspecified atom stereocenters. The molecule has 0 saturated carbocycles. The minimum Gasteiger partial charge on any atom is -0.356 e. The van der Waals surface area contributed by atoms with E-state index >= 15 is 0 Å². The normalized spacial score (nSPS) is 14.7. The summed E-state index contributed by atoms with van der Waals surface area (Å²) in [6.07, 6.45) is 2.77. The lowest BCUT2D eigenvalue weighted by Gasteiger charge is -2.10. The zero-order chi connectivity index (χ0) is 12.8. The molecule has 0 spiro atoms. The Hall–Kier alpha value is -1.17. The van der Waals surface area contributed by atoms with Crippen LogP contribution in [0.1, 0.15) is 18.4 Å². The van der Waals surface area contributed by atoms with Gasteiger partial charge in [0.05, 0.1) is 0 Å². The maximum Gasteiger partial charge on any atom is 0.191 e. The van der Waals surface area contributed by atoms with E-state index in [-0.39, 0.29) is 17.0 Å². The molecule has 6 heteroatoms. The van der Waals surface area contributed by atoms with E-state index in [9.17, 15) is 8.78 Å². The van der Waals surface area contributed by atoms with Gasteiger partial charge in [-0.15, -0.1) is 17.0 Å². The quantitative estimate of drug-likeness (QED) is 0.891. The van der Waals surface area contributed by atoms with Crippen molar-refractivity contribution in [1.82, 2.24) is 10.6 Å². The van der Waals surface area contributed by atoms with Crippen molar-refractivity contribution < 1.29 is 8.78 Å². The van der Waals surface area contributed by atoms with Crippen molar-refractivity contribution >= 4 is 22.9 Å². The summed E-state index contributed by atoms with van der Waals surface area (Å²) in [5.41, 5.74) is 0.647. The molecule has 1 aliphatic rings.